The molecule has 1 aromatic rings. The maximum atomic E-state index is 11.5. The average Bonchev–Trinajstić information content (AvgIpc) is 2.38. The second-order valence-electron chi connectivity index (χ2n) is 4.51. The zero-order valence-corrected chi connectivity index (χ0v) is 11.4. The number of aliphatic hydroxyl groups is 1. The van der Waals surface area contributed by atoms with Crippen LogP contribution in [0, 0.1) is 0 Å². The standard InChI is InChI=1S/C14H22N2O3/c1-11(8-9-17)16-14(18)15-10-12(2)19-13-6-4-3-5-7-13/h3-7,11-12,17H,8-10H2,1-2H3,(H2,15,16,18)/t11-,12?/m1/s1. The van der Waals surface area contributed by atoms with Crippen LogP contribution >= 0.6 is 0 Å². The van der Waals surface area contributed by atoms with E-state index in [1.165, 1.54) is 0 Å². The third-order valence-corrected chi connectivity index (χ3v) is 2.57. The van der Waals surface area contributed by atoms with Crippen LogP contribution in [-0.4, -0.2) is 36.4 Å². The van der Waals surface area contributed by atoms with Crippen molar-refractivity contribution in [2.45, 2.75) is 32.4 Å². The van der Waals surface area contributed by atoms with Gasteiger partial charge in [-0.05, 0) is 32.4 Å². The summed E-state index contributed by atoms with van der Waals surface area (Å²) in [7, 11) is 0. The molecular weight excluding hydrogens is 244 g/mol. The maximum absolute atomic E-state index is 11.5. The number of rotatable bonds is 7. The Hall–Kier alpha value is -1.75. The van der Waals surface area contributed by atoms with Gasteiger partial charge in [0.15, 0.2) is 0 Å². The molecule has 2 atom stereocenters. The molecule has 0 spiro atoms. The normalized spacial score (nSPS) is 13.4. The molecule has 106 valence electrons. The van der Waals surface area contributed by atoms with E-state index in [1.54, 1.807) is 0 Å². The molecule has 1 rings (SSSR count). The molecule has 2 amide bonds. The summed E-state index contributed by atoms with van der Waals surface area (Å²) in [6, 6.07) is 9.18. The Morgan fingerprint density at radius 2 is 2.00 bits per heavy atom. The van der Waals surface area contributed by atoms with E-state index in [4.69, 9.17) is 9.84 Å². The van der Waals surface area contributed by atoms with Crippen LogP contribution < -0.4 is 15.4 Å². The van der Waals surface area contributed by atoms with Gasteiger partial charge in [0, 0.05) is 12.6 Å². The van der Waals surface area contributed by atoms with Gasteiger partial charge < -0.3 is 20.5 Å². The first-order valence-electron chi connectivity index (χ1n) is 6.48. The van der Waals surface area contributed by atoms with E-state index in [1.807, 2.05) is 44.2 Å². The van der Waals surface area contributed by atoms with Gasteiger partial charge in [-0.15, -0.1) is 0 Å². The minimum atomic E-state index is -0.246. The number of carbonyl (C=O) groups excluding carboxylic acids is 1. The molecule has 0 aliphatic rings. The highest BCUT2D eigenvalue weighted by Gasteiger charge is 2.09. The number of hydrogen-bond donors (Lipinski definition) is 3. The molecule has 0 fully saturated rings. The van der Waals surface area contributed by atoms with Crippen LogP contribution in [0.25, 0.3) is 0 Å². The lowest BCUT2D eigenvalue weighted by atomic mass is 10.2. The lowest BCUT2D eigenvalue weighted by Crippen LogP contribution is -2.44. The number of ether oxygens (including phenoxy) is 1. The molecule has 0 saturated heterocycles. The van der Waals surface area contributed by atoms with E-state index in [0.29, 0.717) is 13.0 Å². The van der Waals surface area contributed by atoms with Gasteiger partial charge in [0.1, 0.15) is 11.9 Å². The van der Waals surface area contributed by atoms with Crippen molar-refractivity contribution in [1.29, 1.82) is 0 Å². The molecule has 0 radical (unpaired) electrons. The highest BCUT2D eigenvalue weighted by Crippen LogP contribution is 2.10. The van der Waals surface area contributed by atoms with E-state index in [0.717, 1.165) is 5.75 Å². The smallest absolute Gasteiger partial charge is 0.315 e. The van der Waals surface area contributed by atoms with Crippen molar-refractivity contribution in [2.24, 2.45) is 0 Å². The van der Waals surface area contributed by atoms with E-state index in [9.17, 15) is 4.79 Å². The zero-order valence-electron chi connectivity index (χ0n) is 11.4. The number of hydrogen-bond acceptors (Lipinski definition) is 3. The van der Waals surface area contributed by atoms with Gasteiger partial charge in [0.25, 0.3) is 0 Å². The molecule has 19 heavy (non-hydrogen) atoms. The van der Waals surface area contributed by atoms with E-state index in [2.05, 4.69) is 10.6 Å². The van der Waals surface area contributed by atoms with Crippen molar-refractivity contribution in [3.8, 4) is 5.75 Å². The summed E-state index contributed by atoms with van der Waals surface area (Å²) in [4.78, 5) is 11.5. The Balaban J connectivity index is 2.22. The topological polar surface area (TPSA) is 70.6 Å². The molecule has 0 aliphatic heterocycles. The first-order valence-corrected chi connectivity index (χ1v) is 6.48. The second-order valence-corrected chi connectivity index (χ2v) is 4.51. The fraction of sp³-hybridized carbons (Fsp3) is 0.500. The molecule has 0 heterocycles. The molecule has 1 aromatic carbocycles. The zero-order chi connectivity index (χ0) is 14.1. The van der Waals surface area contributed by atoms with Crippen LogP contribution in [0.15, 0.2) is 30.3 Å². The number of amides is 2. The van der Waals surface area contributed by atoms with Crippen LogP contribution in [-0.2, 0) is 0 Å². The van der Waals surface area contributed by atoms with Gasteiger partial charge in [-0.1, -0.05) is 18.2 Å². The summed E-state index contributed by atoms with van der Waals surface area (Å²) < 4.78 is 5.63. The Labute approximate surface area is 114 Å². The maximum Gasteiger partial charge on any atom is 0.315 e. The lowest BCUT2D eigenvalue weighted by molar-refractivity contribution is 0.204. The summed E-state index contributed by atoms with van der Waals surface area (Å²) in [5.41, 5.74) is 0. The summed E-state index contributed by atoms with van der Waals surface area (Å²) in [6.07, 6.45) is 0.435. The highest BCUT2D eigenvalue weighted by molar-refractivity contribution is 5.74. The van der Waals surface area contributed by atoms with Gasteiger partial charge in [-0.3, -0.25) is 0 Å². The predicted molar refractivity (Wildman–Crippen MR) is 74.2 cm³/mol. The molecular formula is C14H22N2O3. The quantitative estimate of drug-likeness (QED) is 0.701. The number of nitrogens with one attached hydrogen (secondary N) is 2. The largest absolute Gasteiger partial charge is 0.489 e. The summed E-state index contributed by atoms with van der Waals surface area (Å²) >= 11 is 0. The first-order chi connectivity index (χ1) is 9.11. The van der Waals surface area contributed by atoms with Crippen molar-refractivity contribution in [1.82, 2.24) is 10.6 Å². The summed E-state index contributed by atoms with van der Waals surface area (Å²) in [5.74, 6) is 0.783. The van der Waals surface area contributed by atoms with Crippen LogP contribution in [0.3, 0.4) is 0 Å². The van der Waals surface area contributed by atoms with Gasteiger partial charge in [0.2, 0.25) is 0 Å². The van der Waals surface area contributed by atoms with Gasteiger partial charge in [0.05, 0.1) is 6.54 Å². The number of aliphatic hydroxyl groups excluding tert-OH is 1. The van der Waals surface area contributed by atoms with Gasteiger partial charge >= 0.3 is 6.03 Å². The Bertz CT molecular complexity index is 370. The highest BCUT2D eigenvalue weighted by atomic mass is 16.5. The Morgan fingerprint density at radius 3 is 2.63 bits per heavy atom. The fourth-order valence-corrected chi connectivity index (χ4v) is 1.55. The van der Waals surface area contributed by atoms with Crippen LogP contribution in [0.5, 0.6) is 5.75 Å². The minimum absolute atomic E-state index is 0.0460. The van der Waals surface area contributed by atoms with Crippen LogP contribution in [0.4, 0.5) is 4.79 Å². The average molecular weight is 266 g/mol. The second kappa shape index (κ2) is 8.37. The van der Waals surface area contributed by atoms with Crippen molar-refractivity contribution in [3.05, 3.63) is 30.3 Å². The number of para-hydroxylation sites is 1. The minimum Gasteiger partial charge on any atom is -0.489 e. The molecule has 0 bridgehead atoms. The predicted octanol–water partition coefficient (Wildman–Crippen LogP) is 1.52. The summed E-state index contributed by atoms with van der Waals surface area (Å²) in [6.45, 7) is 4.23. The van der Waals surface area contributed by atoms with E-state index >= 15 is 0 Å². The third kappa shape index (κ3) is 6.67. The Kier molecular flexibility index (Phi) is 6.74. The molecule has 5 heteroatoms. The van der Waals surface area contributed by atoms with Gasteiger partial charge in [-0.25, -0.2) is 4.79 Å². The van der Waals surface area contributed by atoms with Crippen molar-refractivity contribution < 1.29 is 14.6 Å². The molecule has 1 unspecified atom stereocenters. The number of benzene rings is 1. The van der Waals surface area contributed by atoms with Crippen molar-refractivity contribution >= 4 is 6.03 Å². The van der Waals surface area contributed by atoms with E-state index < -0.39 is 0 Å². The molecule has 3 N–H and O–H groups in total. The van der Waals surface area contributed by atoms with Crippen LogP contribution in [0.1, 0.15) is 20.3 Å². The third-order valence-electron chi connectivity index (χ3n) is 2.57. The number of carbonyl (C=O) groups is 1. The van der Waals surface area contributed by atoms with Crippen LogP contribution in [0.2, 0.25) is 0 Å². The lowest BCUT2D eigenvalue weighted by Gasteiger charge is -2.17. The Morgan fingerprint density at radius 1 is 1.32 bits per heavy atom. The van der Waals surface area contributed by atoms with Crippen molar-refractivity contribution in [2.75, 3.05) is 13.2 Å². The molecule has 0 saturated carbocycles. The first kappa shape index (κ1) is 15.3. The molecule has 5 nitrogen and oxygen atoms in total. The number of urea groups is 1. The molecule has 0 aromatic heterocycles. The summed E-state index contributed by atoms with van der Waals surface area (Å²) in [5, 5.41) is 14.2. The molecule has 0 aliphatic carbocycles. The van der Waals surface area contributed by atoms with E-state index in [-0.39, 0.29) is 24.8 Å². The SMILES string of the molecule is CC(CNC(=O)N[C@H](C)CCO)Oc1ccccc1. The monoisotopic (exact) mass is 266 g/mol. The van der Waals surface area contributed by atoms with Crippen molar-refractivity contribution in [3.63, 3.8) is 0 Å². The fourth-order valence-electron chi connectivity index (χ4n) is 1.55. The van der Waals surface area contributed by atoms with Gasteiger partial charge in [-0.2, -0.15) is 0 Å².